The van der Waals surface area contributed by atoms with Crippen LogP contribution in [0.1, 0.15) is 29.5 Å². The molecule has 0 spiro atoms. The largest absolute Gasteiger partial charge is 0.324 e. The molecule has 98 valence electrons. The molecule has 2 aromatic rings. The van der Waals surface area contributed by atoms with E-state index in [1.54, 1.807) is 0 Å². The number of halogens is 2. The van der Waals surface area contributed by atoms with Gasteiger partial charge >= 0.3 is 0 Å². The van der Waals surface area contributed by atoms with Crippen LogP contribution in [-0.2, 0) is 0 Å². The maximum absolute atomic E-state index is 6.46. The van der Waals surface area contributed by atoms with Gasteiger partial charge in [-0.2, -0.15) is 0 Å². The summed E-state index contributed by atoms with van der Waals surface area (Å²) >= 11 is 5.96. The third-order valence-corrected chi connectivity index (χ3v) is 5.24. The summed E-state index contributed by atoms with van der Waals surface area (Å²) in [5, 5.41) is 0. The molecule has 2 aromatic carbocycles. The summed E-state index contributed by atoms with van der Waals surface area (Å²) in [7, 11) is 0. The Bertz CT molecular complexity index is 585. The number of rotatable bonds is 3. The molecule has 0 aromatic heterocycles. The molecule has 3 unspecified atom stereocenters. The van der Waals surface area contributed by atoms with E-state index in [1.807, 2.05) is 0 Å². The van der Waals surface area contributed by atoms with Gasteiger partial charge in [-0.1, -0.05) is 46.3 Å². The summed E-state index contributed by atoms with van der Waals surface area (Å²) in [5.41, 5.74) is 9.12. The van der Waals surface area contributed by atoms with Crippen molar-refractivity contribution < 1.29 is 0 Å². The van der Waals surface area contributed by atoms with Gasteiger partial charge in [-0.3, -0.25) is 0 Å². The highest BCUT2D eigenvalue weighted by molar-refractivity contribution is 14.1. The molecular formula is C16H15BrIN. The van der Waals surface area contributed by atoms with Crippen LogP contribution in [0.4, 0.5) is 0 Å². The average Bonchev–Trinajstić information content (AvgIpc) is 3.22. The van der Waals surface area contributed by atoms with Gasteiger partial charge < -0.3 is 5.73 Å². The number of hydrogen-bond acceptors (Lipinski definition) is 1. The third kappa shape index (κ3) is 2.88. The van der Waals surface area contributed by atoms with Crippen LogP contribution in [-0.4, -0.2) is 0 Å². The SMILES string of the molecule is NC(c1cc(I)ccc1Br)C1CC1c1ccccc1. The van der Waals surface area contributed by atoms with E-state index in [9.17, 15) is 0 Å². The van der Waals surface area contributed by atoms with Gasteiger partial charge in [0.1, 0.15) is 0 Å². The minimum atomic E-state index is 0.120. The number of nitrogens with two attached hydrogens (primary N) is 1. The van der Waals surface area contributed by atoms with E-state index in [1.165, 1.54) is 21.1 Å². The second-order valence-electron chi connectivity index (χ2n) is 5.11. The molecule has 3 rings (SSSR count). The zero-order valence-electron chi connectivity index (χ0n) is 10.4. The lowest BCUT2D eigenvalue weighted by Crippen LogP contribution is -2.14. The lowest BCUT2D eigenvalue weighted by molar-refractivity contribution is 0.613. The molecule has 0 bridgehead atoms. The molecule has 0 amide bonds. The van der Waals surface area contributed by atoms with Crippen molar-refractivity contribution >= 4 is 38.5 Å². The molecule has 3 atom stereocenters. The van der Waals surface area contributed by atoms with Gasteiger partial charge in [0.15, 0.2) is 0 Å². The third-order valence-electron chi connectivity index (χ3n) is 3.85. The Balaban J connectivity index is 1.80. The zero-order chi connectivity index (χ0) is 13.4. The van der Waals surface area contributed by atoms with Crippen LogP contribution in [0.25, 0.3) is 0 Å². The molecule has 0 heterocycles. The normalized spacial score (nSPS) is 23.1. The quantitative estimate of drug-likeness (QED) is 0.695. The molecule has 19 heavy (non-hydrogen) atoms. The minimum absolute atomic E-state index is 0.120. The number of benzene rings is 2. The number of hydrogen-bond donors (Lipinski definition) is 1. The summed E-state index contributed by atoms with van der Waals surface area (Å²) in [6, 6.07) is 17.2. The van der Waals surface area contributed by atoms with Crippen molar-refractivity contribution in [3.63, 3.8) is 0 Å². The minimum Gasteiger partial charge on any atom is -0.324 e. The van der Waals surface area contributed by atoms with E-state index < -0.39 is 0 Å². The first-order valence-electron chi connectivity index (χ1n) is 6.42. The van der Waals surface area contributed by atoms with E-state index >= 15 is 0 Å². The lowest BCUT2D eigenvalue weighted by Gasteiger charge is -2.14. The van der Waals surface area contributed by atoms with Gasteiger partial charge in [-0.25, -0.2) is 0 Å². The van der Waals surface area contributed by atoms with Gasteiger partial charge in [0.2, 0.25) is 0 Å². The highest BCUT2D eigenvalue weighted by atomic mass is 127. The Morgan fingerprint density at radius 1 is 1.16 bits per heavy atom. The van der Waals surface area contributed by atoms with Crippen molar-refractivity contribution in [3.8, 4) is 0 Å². The Morgan fingerprint density at radius 2 is 1.89 bits per heavy atom. The van der Waals surface area contributed by atoms with Gasteiger partial charge in [-0.05, 0) is 70.2 Å². The highest BCUT2D eigenvalue weighted by Gasteiger charge is 2.43. The van der Waals surface area contributed by atoms with Gasteiger partial charge in [0.25, 0.3) is 0 Å². The Morgan fingerprint density at radius 3 is 2.63 bits per heavy atom. The molecule has 0 aliphatic heterocycles. The fourth-order valence-corrected chi connectivity index (χ4v) is 3.72. The van der Waals surface area contributed by atoms with E-state index in [2.05, 4.69) is 87.1 Å². The van der Waals surface area contributed by atoms with Crippen LogP contribution in [0, 0.1) is 9.49 Å². The Labute approximate surface area is 135 Å². The second-order valence-corrected chi connectivity index (χ2v) is 7.21. The monoisotopic (exact) mass is 427 g/mol. The molecular weight excluding hydrogens is 413 g/mol. The second kappa shape index (κ2) is 5.54. The van der Waals surface area contributed by atoms with Crippen LogP contribution in [0.3, 0.4) is 0 Å². The standard InChI is InChI=1S/C16H15BrIN/c17-15-7-6-11(18)8-14(15)16(19)13-9-12(13)10-4-2-1-3-5-10/h1-8,12-13,16H,9,19H2. The van der Waals surface area contributed by atoms with Crippen molar-refractivity contribution in [3.05, 3.63) is 67.7 Å². The van der Waals surface area contributed by atoms with Crippen LogP contribution in [0.2, 0.25) is 0 Å². The fourth-order valence-electron chi connectivity index (χ4n) is 2.70. The van der Waals surface area contributed by atoms with Crippen molar-refractivity contribution in [2.24, 2.45) is 11.7 Å². The van der Waals surface area contributed by atoms with Gasteiger partial charge in [0, 0.05) is 14.1 Å². The average molecular weight is 428 g/mol. The Hall–Kier alpha value is -0.390. The molecule has 1 aliphatic rings. The summed E-state index contributed by atoms with van der Waals surface area (Å²) in [4.78, 5) is 0. The van der Waals surface area contributed by atoms with Crippen LogP contribution in [0.15, 0.2) is 53.0 Å². The van der Waals surface area contributed by atoms with Crippen molar-refractivity contribution in [2.45, 2.75) is 18.4 Å². The summed E-state index contributed by atoms with van der Waals surface area (Å²) in [5.74, 6) is 1.19. The summed E-state index contributed by atoms with van der Waals surface area (Å²) in [6.45, 7) is 0. The predicted octanol–water partition coefficient (Wildman–Crippen LogP) is 4.86. The first-order valence-corrected chi connectivity index (χ1v) is 8.29. The van der Waals surface area contributed by atoms with Gasteiger partial charge in [-0.15, -0.1) is 0 Å². The molecule has 1 fully saturated rings. The highest BCUT2D eigenvalue weighted by Crippen LogP contribution is 2.53. The maximum atomic E-state index is 6.46. The molecule has 2 N–H and O–H groups in total. The van der Waals surface area contributed by atoms with E-state index in [-0.39, 0.29) is 6.04 Å². The summed E-state index contributed by atoms with van der Waals surface area (Å²) in [6.07, 6.45) is 1.20. The predicted molar refractivity (Wildman–Crippen MR) is 91.1 cm³/mol. The smallest absolute Gasteiger partial charge is 0.0341 e. The van der Waals surface area contributed by atoms with E-state index in [0.717, 1.165) is 4.47 Å². The van der Waals surface area contributed by atoms with Crippen LogP contribution >= 0.6 is 38.5 Å². The van der Waals surface area contributed by atoms with Crippen molar-refractivity contribution in [2.75, 3.05) is 0 Å². The first-order chi connectivity index (χ1) is 9.16. The molecule has 1 aliphatic carbocycles. The Kier molecular flexibility index (Phi) is 3.96. The fraction of sp³-hybridized carbons (Fsp3) is 0.250. The zero-order valence-corrected chi connectivity index (χ0v) is 14.1. The summed E-state index contributed by atoms with van der Waals surface area (Å²) < 4.78 is 2.36. The molecule has 3 heteroatoms. The van der Waals surface area contributed by atoms with Crippen molar-refractivity contribution in [1.82, 2.24) is 0 Å². The van der Waals surface area contributed by atoms with Gasteiger partial charge in [0.05, 0.1) is 0 Å². The maximum Gasteiger partial charge on any atom is 0.0341 e. The molecule has 1 nitrogen and oxygen atoms in total. The van der Waals surface area contributed by atoms with E-state index in [4.69, 9.17) is 5.73 Å². The van der Waals surface area contributed by atoms with E-state index in [0.29, 0.717) is 11.8 Å². The molecule has 0 saturated heterocycles. The lowest BCUT2D eigenvalue weighted by atomic mass is 10.00. The van der Waals surface area contributed by atoms with Crippen LogP contribution < -0.4 is 5.73 Å². The topological polar surface area (TPSA) is 26.0 Å². The van der Waals surface area contributed by atoms with Crippen molar-refractivity contribution in [1.29, 1.82) is 0 Å². The molecule has 1 saturated carbocycles. The molecule has 0 radical (unpaired) electrons. The first kappa shape index (κ1) is 13.6. The van der Waals surface area contributed by atoms with Crippen LogP contribution in [0.5, 0.6) is 0 Å².